The molecule has 0 atom stereocenters. The van der Waals surface area contributed by atoms with Crippen molar-refractivity contribution in [2.24, 2.45) is 0 Å². The lowest BCUT2D eigenvalue weighted by Gasteiger charge is -2.42. The summed E-state index contributed by atoms with van der Waals surface area (Å²) in [4.78, 5) is 2.56. The van der Waals surface area contributed by atoms with Crippen LogP contribution in [0.3, 0.4) is 0 Å². The SMILES string of the molecule is CC(C)[Si](c1ccc(-c2c3nnsc3c(-c3ccc([Si](C(C)C)(C(C)C)C(C)C)s3)c3nnsc23)s1)(C(C)C)C(C)C. The van der Waals surface area contributed by atoms with Gasteiger partial charge in [-0.15, -0.1) is 32.9 Å². The molecule has 0 fully saturated rings. The van der Waals surface area contributed by atoms with Crippen molar-refractivity contribution in [1.29, 1.82) is 0 Å². The monoisotopic (exact) mass is 670 g/mol. The molecule has 10 heteroatoms. The first-order chi connectivity index (χ1) is 19.8. The van der Waals surface area contributed by atoms with Crippen molar-refractivity contribution in [2.45, 2.75) is 116 Å². The number of rotatable bonds is 10. The van der Waals surface area contributed by atoms with Crippen LogP contribution in [0.2, 0.25) is 33.2 Å². The van der Waals surface area contributed by atoms with E-state index in [0.717, 1.165) is 20.4 Å². The quantitative estimate of drug-likeness (QED) is 0.139. The molecule has 0 spiro atoms. The number of fused-ring (bicyclic) bond motifs is 2. The van der Waals surface area contributed by atoms with E-state index < -0.39 is 16.1 Å². The van der Waals surface area contributed by atoms with Gasteiger partial charge in [0.15, 0.2) is 0 Å². The fourth-order valence-electron chi connectivity index (χ4n) is 8.83. The van der Waals surface area contributed by atoms with Gasteiger partial charge in [-0.25, -0.2) is 0 Å². The van der Waals surface area contributed by atoms with E-state index in [1.54, 1.807) is 9.00 Å². The fraction of sp³-hybridized carbons (Fsp3) is 0.562. The summed E-state index contributed by atoms with van der Waals surface area (Å²) in [7, 11) is -3.53. The van der Waals surface area contributed by atoms with Crippen LogP contribution in [0.1, 0.15) is 83.1 Å². The third-order valence-corrected chi connectivity index (χ3v) is 29.8. The van der Waals surface area contributed by atoms with Gasteiger partial charge < -0.3 is 0 Å². The molecule has 0 N–H and O–H groups in total. The molecular formula is C32H46N4S4Si2. The summed E-state index contributed by atoms with van der Waals surface area (Å²) in [6.45, 7) is 29.3. The van der Waals surface area contributed by atoms with Crippen LogP contribution in [0, 0.1) is 0 Å². The number of hydrogen-bond acceptors (Lipinski definition) is 8. The lowest BCUT2D eigenvalue weighted by Crippen LogP contribution is -2.54. The van der Waals surface area contributed by atoms with E-state index in [1.165, 1.54) is 43.9 Å². The average molecular weight is 671 g/mol. The molecule has 4 aromatic heterocycles. The van der Waals surface area contributed by atoms with Crippen LogP contribution in [0.25, 0.3) is 41.3 Å². The highest BCUT2D eigenvalue weighted by atomic mass is 32.1. The Morgan fingerprint density at radius 3 is 1.07 bits per heavy atom. The minimum Gasteiger partial charge on any atom is -0.145 e. The van der Waals surface area contributed by atoms with Gasteiger partial charge in [-0.3, -0.25) is 0 Å². The molecule has 0 saturated heterocycles. The normalized spacial score (nSPS) is 13.6. The van der Waals surface area contributed by atoms with Crippen LogP contribution >= 0.6 is 45.7 Å². The van der Waals surface area contributed by atoms with Crippen molar-refractivity contribution in [2.75, 3.05) is 0 Å². The van der Waals surface area contributed by atoms with Crippen molar-refractivity contribution in [1.82, 2.24) is 19.2 Å². The van der Waals surface area contributed by atoms with E-state index in [-0.39, 0.29) is 0 Å². The van der Waals surface area contributed by atoms with Crippen LogP contribution in [0.4, 0.5) is 0 Å². The summed E-state index contributed by atoms with van der Waals surface area (Å²) >= 11 is 6.99. The Morgan fingerprint density at radius 2 is 0.786 bits per heavy atom. The first-order valence-electron chi connectivity index (χ1n) is 15.4. The van der Waals surface area contributed by atoms with Crippen molar-refractivity contribution in [3.8, 4) is 20.9 Å². The second kappa shape index (κ2) is 11.9. The maximum atomic E-state index is 4.78. The maximum Gasteiger partial charge on any atom is 0.116 e. The van der Waals surface area contributed by atoms with Gasteiger partial charge in [0.2, 0.25) is 0 Å². The molecule has 5 rings (SSSR count). The molecule has 5 aromatic rings. The standard InChI is InChI=1S/C32H46N4S4Si2/c1-17(2)41(18(3)4,19(5)6)25-15-13-23(37-25)27-29-32(40-35-33-29)28(30-31(27)39-36-34-30)24-14-16-26(38-24)42(20(7)8,21(9)10)22(11)12/h13-22H,1-12H3. The van der Waals surface area contributed by atoms with Gasteiger partial charge in [0, 0.05) is 20.9 Å². The van der Waals surface area contributed by atoms with E-state index in [2.05, 4.69) is 116 Å². The highest BCUT2D eigenvalue weighted by Crippen LogP contribution is 2.49. The van der Waals surface area contributed by atoms with Gasteiger partial charge in [-0.1, -0.05) is 104 Å². The smallest absolute Gasteiger partial charge is 0.116 e. The van der Waals surface area contributed by atoms with Crippen molar-refractivity contribution >= 4 is 91.3 Å². The van der Waals surface area contributed by atoms with Gasteiger partial charge in [-0.2, -0.15) is 0 Å². The van der Waals surface area contributed by atoms with Crippen LogP contribution < -0.4 is 9.00 Å². The Labute approximate surface area is 270 Å². The molecule has 0 amide bonds. The molecule has 0 bridgehead atoms. The predicted molar refractivity (Wildman–Crippen MR) is 196 cm³/mol. The largest absolute Gasteiger partial charge is 0.145 e. The third-order valence-electron chi connectivity index (χ3n) is 10.2. The molecule has 4 nitrogen and oxygen atoms in total. The van der Waals surface area contributed by atoms with Gasteiger partial charge in [0.1, 0.15) is 27.2 Å². The summed E-state index contributed by atoms with van der Waals surface area (Å²) in [6.07, 6.45) is 0. The van der Waals surface area contributed by atoms with Gasteiger partial charge in [0.25, 0.3) is 0 Å². The van der Waals surface area contributed by atoms with Gasteiger partial charge >= 0.3 is 0 Å². The maximum absolute atomic E-state index is 4.78. The van der Waals surface area contributed by atoms with Crippen LogP contribution in [-0.4, -0.2) is 35.3 Å². The number of hydrogen-bond donors (Lipinski definition) is 0. The summed E-state index contributed by atoms with van der Waals surface area (Å²) in [5, 5.41) is 9.56. The second-order valence-electron chi connectivity index (χ2n) is 13.8. The second-order valence-corrected chi connectivity index (χ2v) is 29.9. The third kappa shape index (κ3) is 4.65. The zero-order valence-electron chi connectivity index (χ0n) is 27.2. The minimum atomic E-state index is -1.76. The van der Waals surface area contributed by atoms with Crippen LogP contribution in [0.5, 0.6) is 0 Å². The Morgan fingerprint density at radius 1 is 0.476 bits per heavy atom. The zero-order valence-corrected chi connectivity index (χ0v) is 32.5. The number of thiophene rings is 2. The number of benzene rings is 1. The van der Waals surface area contributed by atoms with Crippen LogP contribution in [-0.2, 0) is 0 Å². The van der Waals surface area contributed by atoms with Gasteiger partial charge in [0.05, 0.1) is 9.40 Å². The number of aromatic nitrogens is 4. The Hall–Kier alpha value is -1.31. The molecule has 0 unspecified atom stereocenters. The van der Waals surface area contributed by atoms with Crippen molar-refractivity contribution in [3.63, 3.8) is 0 Å². The first kappa shape index (κ1) is 32.1. The van der Waals surface area contributed by atoms with E-state index in [4.69, 9.17) is 10.2 Å². The van der Waals surface area contributed by atoms with E-state index >= 15 is 0 Å². The molecule has 0 aliphatic rings. The average Bonchev–Trinajstić information content (AvgIpc) is 3.69. The van der Waals surface area contributed by atoms with Crippen LogP contribution in [0.15, 0.2) is 24.3 Å². The zero-order chi connectivity index (χ0) is 30.7. The van der Waals surface area contributed by atoms with Crippen molar-refractivity contribution < 1.29 is 0 Å². The van der Waals surface area contributed by atoms with Gasteiger partial charge in [-0.05, 0) is 77.4 Å². The molecule has 4 heterocycles. The molecule has 0 saturated carbocycles. The Kier molecular flexibility index (Phi) is 9.09. The van der Waals surface area contributed by atoms with Crippen molar-refractivity contribution in [3.05, 3.63) is 24.3 Å². The summed E-state index contributed by atoms with van der Waals surface area (Å²) in [5.74, 6) is 0. The summed E-state index contributed by atoms with van der Waals surface area (Å²) in [6, 6.07) is 9.56. The summed E-state index contributed by atoms with van der Waals surface area (Å²) in [5.41, 5.74) is 8.38. The fourth-order valence-corrected chi connectivity index (χ4v) is 30.5. The molecule has 0 aliphatic heterocycles. The molecule has 1 aromatic carbocycles. The topological polar surface area (TPSA) is 51.6 Å². The van der Waals surface area contributed by atoms with E-state index in [1.807, 2.05) is 22.7 Å². The predicted octanol–water partition coefficient (Wildman–Crippen LogP) is 10.9. The first-order valence-corrected chi connectivity index (χ1v) is 23.1. The highest BCUT2D eigenvalue weighted by molar-refractivity contribution is 7.31. The molecular weight excluding hydrogens is 625 g/mol. The molecule has 0 aliphatic carbocycles. The highest BCUT2D eigenvalue weighted by Gasteiger charge is 2.47. The number of nitrogens with zero attached hydrogens (tertiary/aromatic N) is 4. The molecule has 42 heavy (non-hydrogen) atoms. The Balaban J connectivity index is 1.73. The lowest BCUT2D eigenvalue weighted by atomic mass is 10.1. The summed E-state index contributed by atoms with van der Waals surface area (Å²) < 4.78 is 14.5. The molecule has 226 valence electrons. The lowest BCUT2D eigenvalue weighted by molar-refractivity contribution is 0.837. The van der Waals surface area contributed by atoms with E-state index in [9.17, 15) is 0 Å². The minimum absolute atomic E-state index is 0.670. The Bertz CT molecular complexity index is 1470. The molecule has 0 radical (unpaired) electrons. The van der Waals surface area contributed by atoms with E-state index in [0.29, 0.717) is 33.2 Å².